The van der Waals surface area contributed by atoms with Crippen LogP contribution >= 0.6 is 0 Å². The molecule has 33 heavy (non-hydrogen) atoms. The number of carbonyl (C=O) groups is 1. The largest absolute Gasteiger partial charge is 0.463 e. The first-order valence-electron chi connectivity index (χ1n) is 13.0. The summed E-state index contributed by atoms with van der Waals surface area (Å²) in [6.07, 6.45) is 9.04. The van der Waals surface area contributed by atoms with Crippen LogP contribution in [0.2, 0.25) is 18.1 Å². The average Bonchev–Trinajstić information content (AvgIpc) is 2.81. The molecule has 0 saturated carbocycles. The third-order valence-corrected chi connectivity index (χ3v) is 11.9. The van der Waals surface area contributed by atoms with Gasteiger partial charge in [0.2, 0.25) is 0 Å². The Hall–Kier alpha value is -0.953. The standard InChI is InChI=1S/C27H52O5Si/c1-10-16-17-21(7)27(30-9)22(8)25(32-33(13-4,14-5)15-6)20-24(28)23(11-2)18-19-26(29)31-12-3/h10,16,18-19,21-25,27-28H,11-15,17,20H2,1-9H3/b16-10+,19-18-/t21-,22+,23+,24+,25+,27+/m0/s1. The maximum absolute atomic E-state index is 11.8. The number of aliphatic hydroxyl groups is 1. The first kappa shape index (κ1) is 32.0. The van der Waals surface area contributed by atoms with Crippen LogP contribution in [0.25, 0.3) is 0 Å². The summed E-state index contributed by atoms with van der Waals surface area (Å²) in [5.74, 6) is -0.0184. The van der Waals surface area contributed by atoms with Crippen LogP contribution in [0.15, 0.2) is 24.3 Å². The molecule has 1 N–H and O–H groups in total. The fourth-order valence-electron chi connectivity index (χ4n) is 4.69. The Bertz CT molecular complexity index is 565. The number of carbonyl (C=O) groups excluding carboxylic acids is 1. The van der Waals surface area contributed by atoms with Gasteiger partial charge in [0.1, 0.15) is 0 Å². The molecule has 0 fully saturated rings. The fraction of sp³-hybridized carbons (Fsp3) is 0.815. The highest BCUT2D eigenvalue weighted by Gasteiger charge is 2.38. The predicted octanol–water partition coefficient (Wildman–Crippen LogP) is 6.53. The van der Waals surface area contributed by atoms with Gasteiger partial charge in [-0.15, -0.1) is 0 Å². The lowest BCUT2D eigenvalue weighted by Gasteiger charge is -2.41. The molecule has 0 spiro atoms. The highest BCUT2D eigenvalue weighted by molar-refractivity contribution is 6.73. The number of hydrogen-bond donors (Lipinski definition) is 1. The molecule has 0 aromatic heterocycles. The zero-order valence-electron chi connectivity index (χ0n) is 22.8. The summed E-state index contributed by atoms with van der Waals surface area (Å²) < 4.78 is 18.0. The second-order valence-corrected chi connectivity index (χ2v) is 14.0. The molecule has 0 aliphatic carbocycles. The molecule has 0 saturated heterocycles. The Labute approximate surface area is 205 Å². The number of ether oxygens (including phenoxy) is 2. The maximum Gasteiger partial charge on any atom is 0.330 e. The molecule has 0 aliphatic rings. The van der Waals surface area contributed by atoms with E-state index in [9.17, 15) is 9.90 Å². The number of rotatable bonds is 18. The van der Waals surface area contributed by atoms with E-state index in [0.29, 0.717) is 18.9 Å². The number of allylic oxidation sites excluding steroid dienone is 2. The van der Waals surface area contributed by atoms with Gasteiger partial charge in [0.15, 0.2) is 8.32 Å². The minimum atomic E-state index is -1.89. The molecule has 0 aromatic carbocycles. The molecule has 0 aromatic rings. The van der Waals surface area contributed by atoms with Gasteiger partial charge in [-0.3, -0.25) is 0 Å². The summed E-state index contributed by atoms with van der Waals surface area (Å²) in [5, 5.41) is 11.2. The van der Waals surface area contributed by atoms with E-state index in [4.69, 9.17) is 13.9 Å². The summed E-state index contributed by atoms with van der Waals surface area (Å²) in [7, 11) is -0.114. The van der Waals surface area contributed by atoms with Gasteiger partial charge in [-0.2, -0.15) is 0 Å². The lowest BCUT2D eigenvalue weighted by atomic mass is 9.83. The average molecular weight is 485 g/mol. The first-order chi connectivity index (χ1) is 15.7. The van der Waals surface area contributed by atoms with Gasteiger partial charge in [0, 0.05) is 25.0 Å². The van der Waals surface area contributed by atoms with Crippen LogP contribution in [0.5, 0.6) is 0 Å². The summed E-state index contributed by atoms with van der Waals surface area (Å²) >= 11 is 0. The summed E-state index contributed by atoms with van der Waals surface area (Å²) in [5.41, 5.74) is 0. The van der Waals surface area contributed by atoms with Crippen LogP contribution in [-0.2, 0) is 18.7 Å². The van der Waals surface area contributed by atoms with E-state index in [-0.39, 0.29) is 30.0 Å². The molecular formula is C27H52O5Si. The van der Waals surface area contributed by atoms with Crippen LogP contribution in [0, 0.1) is 17.8 Å². The monoisotopic (exact) mass is 484 g/mol. The third kappa shape index (κ3) is 10.9. The van der Waals surface area contributed by atoms with E-state index in [2.05, 4.69) is 46.8 Å². The molecule has 0 amide bonds. The van der Waals surface area contributed by atoms with E-state index >= 15 is 0 Å². The van der Waals surface area contributed by atoms with Gasteiger partial charge >= 0.3 is 5.97 Å². The topological polar surface area (TPSA) is 65.0 Å². The zero-order chi connectivity index (χ0) is 25.4. The normalized spacial score (nSPS) is 18.2. The van der Waals surface area contributed by atoms with Crippen molar-refractivity contribution in [3.05, 3.63) is 24.3 Å². The van der Waals surface area contributed by atoms with Gasteiger partial charge in [-0.05, 0) is 57.2 Å². The minimum Gasteiger partial charge on any atom is -0.463 e. The maximum atomic E-state index is 11.8. The van der Waals surface area contributed by atoms with Gasteiger partial charge in [0.25, 0.3) is 0 Å². The molecule has 0 bridgehead atoms. The van der Waals surface area contributed by atoms with Crippen LogP contribution in [0.4, 0.5) is 0 Å². The van der Waals surface area contributed by atoms with E-state index < -0.39 is 14.4 Å². The second kappa shape index (κ2) is 17.5. The highest BCUT2D eigenvalue weighted by atomic mass is 28.4. The van der Waals surface area contributed by atoms with Crippen molar-refractivity contribution < 1.29 is 23.8 Å². The van der Waals surface area contributed by atoms with Gasteiger partial charge in [0.05, 0.1) is 24.9 Å². The Kier molecular flexibility index (Phi) is 17.0. The van der Waals surface area contributed by atoms with Crippen molar-refractivity contribution in [1.29, 1.82) is 0 Å². The van der Waals surface area contributed by atoms with Crippen LogP contribution in [0.3, 0.4) is 0 Å². The molecule has 0 rings (SSSR count). The van der Waals surface area contributed by atoms with Crippen LogP contribution in [0.1, 0.15) is 74.7 Å². The van der Waals surface area contributed by atoms with E-state index in [1.165, 1.54) is 6.08 Å². The van der Waals surface area contributed by atoms with Gasteiger partial charge in [-0.1, -0.05) is 59.8 Å². The van der Waals surface area contributed by atoms with Crippen molar-refractivity contribution in [2.45, 2.75) is 111 Å². The predicted molar refractivity (Wildman–Crippen MR) is 141 cm³/mol. The first-order valence-corrected chi connectivity index (χ1v) is 15.6. The van der Waals surface area contributed by atoms with Crippen molar-refractivity contribution in [2.75, 3.05) is 13.7 Å². The molecule has 6 atom stereocenters. The summed E-state index contributed by atoms with van der Waals surface area (Å²) in [6, 6.07) is 3.18. The van der Waals surface area contributed by atoms with Crippen molar-refractivity contribution in [1.82, 2.24) is 0 Å². The molecule has 5 nitrogen and oxygen atoms in total. The lowest BCUT2D eigenvalue weighted by Crippen LogP contribution is -2.47. The van der Waals surface area contributed by atoms with Crippen molar-refractivity contribution in [2.24, 2.45) is 17.8 Å². The number of aliphatic hydroxyl groups excluding tert-OH is 1. The molecule has 194 valence electrons. The smallest absolute Gasteiger partial charge is 0.330 e. The Morgan fingerprint density at radius 3 is 2.12 bits per heavy atom. The van der Waals surface area contributed by atoms with Gasteiger partial charge < -0.3 is 19.0 Å². The Morgan fingerprint density at radius 1 is 1.06 bits per heavy atom. The highest BCUT2D eigenvalue weighted by Crippen LogP contribution is 2.33. The van der Waals surface area contributed by atoms with E-state index in [1.54, 1.807) is 20.1 Å². The Balaban J connectivity index is 5.82. The van der Waals surface area contributed by atoms with E-state index in [1.807, 2.05) is 13.8 Å². The van der Waals surface area contributed by atoms with Gasteiger partial charge in [-0.25, -0.2) is 4.79 Å². The number of methoxy groups -OCH3 is 1. The van der Waals surface area contributed by atoms with Crippen LogP contribution < -0.4 is 0 Å². The summed E-state index contributed by atoms with van der Waals surface area (Å²) in [4.78, 5) is 11.8. The molecule has 0 unspecified atom stereocenters. The van der Waals surface area contributed by atoms with Crippen molar-refractivity contribution in [3.8, 4) is 0 Å². The van der Waals surface area contributed by atoms with Crippen LogP contribution in [-0.4, -0.2) is 51.4 Å². The molecule has 0 heterocycles. The minimum absolute atomic E-state index is 0.0332. The Morgan fingerprint density at radius 2 is 1.67 bits per heavy atom. The molecule has 0 radical (unpaired) electrons. The number of esters is 1. The molecule has 0 aliphatic heterocycles. The quantitative estimate of drug-likeness (QED) is 0.104. The lowest BCUT2D eigenvalue weighted by molar-refractivity contribution is -0.137. The van der Waals surface area contributed by atoms with Crippen molar-refractivity contribution in [3.63, 3.8) is 0 Å². The SMILES string of the molecule is C/C=C/C[C@H](C)[C@@H](OC)[C@H](C)[C@@H](C[C@@H](O)[C@@H](/C=C\C(=O)OCC)CC)O[Si](CC)(CC)CC. The second-order valence-electron chi connectivity index (χ2n) is 9.23. The molecule has 6 heteroatoms. The van der Waals surface area contributed by atoms with E-state index in [0.717, 1.165) is 31.0 Å². The summed E-state index contributed by atoms with van der Waals surface area (Å²) in [6.45, 7) is 17.3. The van der Waals surface area contributed by atoms with Crippen molar-refractivity contribution >= 4 is 14.3 Å². The molecular weight excluding hydrogens is 432 g/mol. The third-order valence-electron chi connectivity index (χ3n) is 7.22. The fourth-order valence-corrected chi connectivity index (χ4v) is 7.65. The zero-order valence-corrected chi connectivity index (χ0v) is 23.8. The number of hydrogen-bond acceptors (Lipinski definition) is 5.